The van der Waals surface area contributed by atoms with Crippen LogP contribution in [0.5, 0.6) is 5.75 Å². The van der Waals surface area contributed by atoms with Gasteiger partial charge in [0.2, 0.25) is 0 Å². The molecule has 1 atom stereocenters. The smallest absolute Gasteiger partial charge is 0.261 e. The molecule has 1 saturated heterocycles. The molecule has 1 aromatic heterocycles. The number of carbonyl (C=O) groups excluding carboxylic acids is 1. The summed E-state index contributed by atoms with van der Waals surface area (Å²) < 4.78 is 5.48. The summed E-state index contributed by atoms with van der Waals surface area (Å²) in [5.41, 5.74) is 1.13. The minimum absolute atomic E-state index is 0. The highest BCUT2D eigenvalue weighted by Crippen LogP contribution is 2.30. The van der Waals surface area contributed by atoms with Gasteiger partial charge in [-0.25, -0.2) is 0 Å². The highest BCUT2D eigenvalue weighted by Gasteiger charge is 2.25. The molecule has 1 aromatic carbocycles. The van der Waals surface area contributed by atoms with Crippen LogP contribution in [0.1, 0.15) is 22.5 Å². The highest BCUT2D eigenvalue weighted by molar-refractivity contribution is 14.0. The Balaban J connectivity index is 0.00000320. The molecule has 2 heterocycles. The van der Waals surface area contributed by atoms with Crippen LogP contribution in [-0.2, 0) is 0 Å². The van der Waals surface area contributed by atoms with Crippen molar-refractivity contribution in [3.05, 3.63) is 46.7 Å². The maximum Gasteiger partial charge on any atom is 0.261 e. The predicted octanol–water partition coefficient (Wildman–Crippen LogP) is 2.94. The number of amides is 1. The van der Waals surface area contributed by atoms with Gasteiger partial charge in [0.15, 0.2) is 5.96 Å². The number of benzene rings is 1. The van der Waals surface area contributed by atoms with Crippen LogP contribution in [-0.4, -0.2) is 58.2 Å². The lowest BCUT2D eigenvalue weighted by Gasteiger charge is -2.22. The number of hydrogen-bond acceptors (Lipinski definition) is 5. The van der Waals surface area contributed by atoms with Crippen molar-refractivity contribution >= 4 is 52.9 Å². The first kappa shape index (κ1) is 24.3. The Kier molecular flexibility index (Phi) is 10.2. The van der Waals surface area contributed by atoms with Crippen LogP contribution in [0.3, 0.4) is 0 Å². The summed E-state index contributed by atoms with van der Waals surface area (Å²) in [7, 11) is 3.49. The molecule has 1 aliphatic heterocycles. The zero-order valence-corrected chi connectivity index (χ0v) is 20.5. The van der Waals surface area contributed by atoms with E-state index in [2.05, 4.69) is 31.9 Å². The second-order valence-electron chi connectivity index (χ2n) is 6.83. The van der Waals surface area contributed by atoms with Crippen LogP contribution in [0.4, 0.5) is 5.69 Å². The third-order valence-corrected chi connectivity index (χ3v) is 5.72. The summed E-state index contributed by atoms with van der Waals surface area (Å²) in [6, 6.07) is 12.2. The number of halogens is 1. The summed E-state index contributed by atoms with van der Waals surface area (Å²) in [4.78, 5) is 19.3. The maximum absolute atomic E-state index is 11.9. The second-order valence-corrected chi connectivity index (χ2v) is 7.78. The molecule has 30 heavy (non-hydrogen) atoms. The highest BCUT2D eigenvalue weighted by atomic mass is 127. The third-order valence-electron chi connectivity index (χ3n) is 4.86. The fourth-order valence-corrected chi connectivity index (χ4v) is 4.01. The van der Waals surface area contributed by atoms with E-state index >= 15 is 0 Å². The van der Waals surface area contributed by atoms with Gasteiger partial charge >= 0.3 is 0 Å². The second kappa shape index (κ2) is 12.6. The number of methoxy groups -OCH3 is 1. The molecule has 1 amide bonds. The monoisotopic (exact) mass is 543 g/mol. The summed E-state index contributed by atoms with van der Waals surface area (Å²) in [5, 5.41) is 11.7. The van der Waals surface area contributed by atoms with Crippen LogP contribution in [0, 0.1) is 0 Å². The molecule has 164 valence electrons. The molecular weight excluding hydrogens is 513 g/mol. The average Bonchev–Trinajstić information content (AvgIpc) is 3.44. The minimum atomic E-state index is -0.00936. The molecule has 0 bridgehead atoms. The van der Waals surface area contributed by atoms with E-state index in [-0.39, 0.29) is 29.9 Å². The molecule has 1 fully saturated rings. The number of nitrogens with one attached hydrogen (secondary N) is 3. The molecule has 0 radical (unpaired) electrons. The van der Waals surface area contributed by atoms with Gasteiger partial charge in [0, 0.05) is 39.3 Å². The SMILES string of the molecule is CN=C(NCCCNC(=O)c1cccs1)NC1CCN(c2ccccc2OC)C1.I. The van der Waals surface area contributed by atoms with Crippen molar-refractivity contribution in [2.45, 2.75) is 18.9 Å². The largest absolute Gasteiger partial charge is 0.495 e. The number of anilines is 1. The summed E-state index contributed by atoms with van der Waals surface area (Å²) in [5.74, 6) is 1.69. The van der Waals surface area contributed by atoms with Gasteiger partial charge in [-0.1, -0.05) is 18.2 Å². The van der Waals surface area contributed by atoms with Gasteiger partial charge in [0.05, 0.1) is 17.7 Å². The molecule has 2 aromatic rings. The fraction of sp³-hybridized carbons (Fsp3) is 0.429. The number of rotatable bonds is 8. The Bertz CT molecular complexity index is 815. The maximum atomic E-state index is 11.9. The molecule has 0 spiro atoms. The predicted molar refractivity (Wildman–Crippen MR) is 135 cm³/mol. The molecule has 0 aliphatic carbocycles. The first-order valence-corrected chi connectivity index (χ1v) is 10.8. The average molecular weight is 543 g/mol. The molecule has 9 heteroatoms. The van der Waals surface area contributed by atoms with E-state index in [1.807, 2.05) is 35.7 Å². The lowest BCUT2D eigenvalue weighted by atomic mass is 10.2. The van der Waals surface area contributed by atoms with E-state index in [1.165, 1.54) is 11.3 Å². The number of para-hydroxylation sites is 2. The Morgan fingerprint density at radius 2 is 2.03 bits per heavy atom. The van der Waals surface area contributed by atoms with Crippen molar-refractivity contribution in [3.63, 3.8) is 0 Å². The van der Waals surface area contributed by atoms with Crippen molar-refractivity contribution in [2.24, 2.45) is 4.99 Å². The number of carbonyl (C=O) groups is 1. The van der Waals surface area contributed by atoms with Crippen molar-refractivity contribution in [1.82, 2.24) is 16.0 Å². The Morgan fingerprint density at radius 1 is 1.23 bits per heavy atom. The Morgan fingerprint density at radius 3 is 2.77 bits per heavy atom. The van der Waals surface area contributed by atoms with Crippen LogP contribution in [0.15, 0.2) is 46.8 Å². The number of nitrogens with zero attached hydrogens (tertiary/aromatic N) is 2. The Labute approximate surface area is 199 Å². The molecular formula is C21H30IN5O2S. The molecule has 1 aliphatic rings. The van der Waals surface area contributed by atoms with Crippen LogP contribution >= 0.6 is 35.3 Å². The van der Waals surface area contributed by atoms with E-state index in [1.54, 1.807) is 14.2 Å². The fourth-order valence-electron chi connectivity index (χ4n) is 3.37. The van der Waals surface area contributed by atoms with Gasteiger partial charge in [-0.3, -0.25) is 9.79 Å². The standard InChI is InChI=1S/C21H29N5O2S.HI/c1-22-21(24-12-6-11-23-20(27)19-9-5-14-29-19)25-16-10-13-26(15-16)17-7-3-4-8-18(17)28-2;/h3-5,7-9,14,16H,6,10-13,15H2,1-2H3,(H,23,27)(H2,22,24,25);1H. The number of hydrogen-bond donors (Lipinski definition) is 3. The van der Waals surface area contributed by atoms with Crippen molar-refractivity contribution < 1.29 is 9.53 Å². The number of aliphatic imine (C=N–C) groups is 1. The topological polar surface area (TPSA) is 78.0 Å². The zero-order valence-electron chi connectivity index (χ0n) is 17.4. The zero-order chi connectivity index (χ0) is 20.5. The summed E-state index contributed by atoms with van der Waals surface area (Å²) in [6.45, 7) is 3.25. The minimum Gasteiger partial charge on any atom is -0.495 e. The molecule has 3 N–H and O–H groups in total. The van der Waals surface area contributed by atoms with Gasteiger partial charge in [0.25, 0.3) is 5.91 Å². The third kappa shape index (κ3) is 6.76. The number of ether oxygens (including phenoxy) is 1. The molecule has 1 unspecified atom stereocenters. The van der Waals surface area contributed by atoms with Gasteiger partial charge < -0.3 is 25.6 Å². The van der Waals surface area contributed by atoms with Crippen LogP contribution in [0.2, 0.25) is 0 Å². The lowest BCUT2D eigenvalue weighted by Crippen LogP contribution is -2.45. The van der Waals surface area contributed by atoms with Crippen molar-refractivity contribution in [2.75, 3.05) is 45.2 Å². The first-order valence-electron chi connectivity index (χ1n) is 9.88. The van der Waals surface area contributed by atoms with Gasteiger partial charge in [-0.05, 0) is 36.4 Å². The van der Waals surface area contributed by atoms with Gasteiger partial charge in [0.1, 0.15) is 5.75 Å². The molecule has 0 saturated carbocycles. The van der Waals surface area contributed by atoms with Crippen molar-refractivity contribution in [1.29, 1.82) is 0 Å². The van der Waals surface area contributed by atoms with E-state index < -0.39 is 0 Å². The molecule has 3 rings (SSSR count). The van der Waals surface area contributed by atoms with Gasteiger partial charge in [-0.2, -0.15) is 0 Å². The molecule has 7 nitrogen and oxygen atoms in total. The quantitative estimate of drug-likeness (QED) is 0.207. The summed E-state index contributed by atoms with van der Waals surface area (Å²) in [6.07, 6.45) is 1.87. The van der Waals surface area contributed by atoms with Gasteiger partial charge in [-0.15, -0.1) is 35.3 Å². The van der Waals surface area contributed by atoms with E-state index in [0.29, 0.717) is 12.6 Å². The summed E-state index contributed by atoms with van der Waals surface area (Å²) >= 11 is 1.45. The number of thiophene rings is 1. The van der Waals surface area contributed by atoms with Crippen LogP contribution in [0.25, 0.3) is 0 Å². The van der Waals surface area contributed by atoms with E-state index in [0.717, 1.165) is 54.7 Å². The van der Waals surface area contributed by atoms with Crippen LogP contribution < -0.4 is 25.6 Å². The van der Waals surface area contributed by atoms with Crippen molar-refractivity contribution in [3.8, 4) is 5.75 Å². The lowest BCUT2D eigenvalue weighted by molar-refractivity contribution is 0.0957. The first-order chi connectivity index (χ1) is 14.2. The number of guanidine groups is 1. The van der Waals surface area contributed by atoms with E-state index in [4.69, 9.17) is 4.74 Å². The van der Waals surface area contributed by atoms with E-state index in [9.17, 15) is 4.79 Å². The Hall–Kier alpha value is -2.01. The normalized spacial score (nSPS) is 16.0.